The molecule has 5 nitrogen and oxygen atoms in total. The number of benzene rings is 1. The van der Waals surface area contributed by atoms with Gasteiger partial charge in [-0.15, -0.1) is 0 Å². The Balaban J connectivity index is 2.10. The number of nitrogens with zero attached hydrogens (tertiary/aromatic N) is 3. The average molecular weight is 279 g/mol. The Morgan fingerprint density at radius 3 is 2.86 bits per heavy atom. The molecule has 0 radical (unpaired) electrons. The highest BCUT2D eigenvalue weighted by Gasteiger charge is 2.07. The number of hydrogen-bond donors (Lipinski definition) is 2. The van der Waals surface area contributed by atoms with E-state index in [1.807, 2.05) is 36.4 Å². The van der Waals surface area contributed by atoms with Crippen LogP contribution in [0.15, 0.2) is 42.6 Å². The molecular formula is C16H17N5. The van der Waals surface area contributed by atoms with Crippen LogP contribution in [-0.2, 0) is 6.42 Å². The van der Waals surface area contributed by atoms with Crippen molar-refractivity contribution in [2.75, 3.05) is 5.43 Å². The largest absolute Gasteiger partial charge is 0.308 e. The lowest BCUT2D eigenvalue weighted by molar-refractivity contribution is 0.875. The standard InChI is InChI=1S/C16H17N5/c1-2-4-13-10-15(21-17)20-16(19-13)12-6-7-14-11(9-12)5-3-8-18-14/h3,5-10H,2,4,17H2,1H3,(H,19,20,21). The van der Waals surface area contributed by atoms with E-state index in [0.29, 0.717) is 11.6 Å². The lowest BCUT2D eigenvalue weighted by Crippen LogP contribution is -2.10. The normalized spacial score (nSPS) is 10.8. The van der Waals surface area contributed by atoms with E-state index in [9.17, 15) is 0 Å². The minimum atomic E-state index is 0.634. The van der Waals surface area contributed by atoms with Gasteiger partial charge in [-0.1, -0.05) is 19.4 Å². The number of nitrogen functional groups attached to an aromatic ring is 1. The molecule has 5 heteroatoms. The van der Waals surface area contributed by atoms with Crippen molar-refractivity contribution in [3.63, 3.8) is 0 Å². The van der Waals surface area contributed by atoms with Gasteiger partial charge < -0.3 is 5.43 Å². The first-order valence-corrected chi connectivity index (χ1v) is 7.00. The number of hydrazine groups is 1. The predicted octanol–water partition coefficient (Wildman–Crippen LogP) is 2.93. The molecule has 0 aliphatic carbocycles. The quantitative estimate of drug-likeness (QED) is 0.567. The van der Waals surface area contributed by atoms with Crippen molar-refractivity contribution < 1.29 is 0 Å². The summed E-state index contributed by atoms with van der Waals surface area (Å²) in [7, 11) is 0. The first-order chi connectivity index (χ1) is 10.3. The zero-order chi connectivity index (χ0) is 14.7. The number of anilines is 1. The summed E-state index contributed by atoms with van der Waals surface area (Å²) in [4.78, 5) is 13.4. The molecule has 0 saturated carbocycles. The number of nitrogens with two attached hydrogens (primary N) is 1. The van der Waals surface area contributed by atoms with Gasteiger partial charge in [0.25, 0.3) is 0 Å². The van der Waals surface area contributed by atoms with E-state index in [1.165, 1.54) is 0 Å². The third-order valence-electron chi connectivity index (χ3n) is 3.29. The summed E-state index contributed by atoms with van der Waals surface area (Å²) >= 11 is 0. The van der Waals surface area contributed by atoms with Gasteiger partial charge in [-0.25, -0.2) is 15.8 Å². The van der Waals surface area contributed by atoms with Crippen molar-refractivity contribution in [1.29, 1.82) is 0 Å². The molecule has 2 aromatic heterocycles. The highest BCUT2D eigenvalue weighted by atomic mass is 15.3. The molecule has 0 aliphatic rings. The summed E-state index contributed by atoms with van der Waals surface area (Å²) in [6.45, 7) is 2.12. The monoisotopic (exact) mass is 279 g/mol. The van der Waals surface area contributed by atoms with Crippen molar-refractivity contribution in [3.8, 4) is 11.4 Å². The molecule has 0 saturated heterocycles. The highest BCUT2D eigenvalue weighted by molar-refractivity contribution is 5.83. The van der Waals surface area contributed by atoms with Gasteiger partial charge in [0, 0.05) is 28.9 Å². The Morgan fingerprint density at radius 2 is 2.05 bits per heavy atom. The third kappa shape index (κ3) is 2.83. The van der Waals surface area contributed by atoms with E-state index in [4.69, 9.17) is 5.84 Å². The smallest absolute Gasteiger partial charge is 0.161 e. The van der Waals surface area contributed by atoms with Crippen molar-refractivity contribution in [2.45, 2.75) is 19.8 Å². The summed E-state index contributed by atoms with van der Waals surface area (Å²) < 4.78 is 0. The van der Waals surface area contributed by atoms with Gasteiger partial charge in [0.05, 0.1) is 5.52 Å². The molecule has 21 heavy (non-hydrogen) atoms. The third-order valence-corrected chi connectivity index (χ3v) is 3.29. The van der Waals surface area contributed by atoms with Gasteiger partial charge in [0.2, 0.25) is 0 Å². The van der Waals surface area contributed by atoms with Crippen LogP contribution >= 0.6 is 0 Å². The Kier molecular flexibility index (Phi) is 3.75. The van der Waals surface area contributed by atoms with Gasteiger partial charge in [-0.05, 0) is 30.7 Å². The van der Waals surface area contributed by atoms with Crippen LogP contribution in [0.3, 0.4) is 0 Å². The van der Waals surface area contributed by atoms with E-state index in [2.05, 4.69) is 27.3 Å². The van der Waals surface area contributed by atoms with Crippen LogP contribution < -0.4 is 11.3 Å². The Labute approximate surface area is 123 Å². The maximum Gasteiger partial charge on any atom is 0.161 e. The molecule has 0 amide bonds. The minimum absolute atomic E-state index is 0.634. The summed E-state index contributed by atoms with van der Waals surface area (Å²) in [5.74, 6) is 6.82. The van der Waals surface area contributed by atoms with Crippen molar-refractivity contribution >= 4 is 16.7 Å². The molecule has 0 unspecified atom stereocenters. The average Bonchev–Trinajstić information content (AvgIpc) is 2.54. The van der Waals surface area contributed by atoms with Crippen molar-refractivity contribution in [2.24, 2.45) is 5.84 Å². The zero-order valence-electron chi connectivity index (χ0n) is 11.9. The predicted molar refractivity (Wildman–Crippen MR) is 84.6 cm³/mol. The van der Waals surface area contributed by atoms with Crippen LogP contribution in [-0.4, -0.2) is 15.0 Å². The SMILES string of the molecule is CCCc1cc(NN)nc(-c2ccc3ncccc3c2)n1. The van der Waals surface area contributed by atoms with Gasteiger partial charge in [0.1, 0.15) is 5.82 Å². The van der Waals surface area contributed by atoms with Gasteiger partial charge in [0.15, 0.2) is 5.82 Å². The second kappa shape index (κ2) is 5.85. The fraction of sp³-hybridized carbons (Fsp3) is 0.188. The fourth-order valence-corrected chi connectivity index (χ4v) is 2.30. The van der Waals surface area contributed by atoms with Crippen LogP contribution in [0, 0.1) is 0 Å². The second-order valence-electron chi connectivity index (χ2n) is 4.87. The molecule has 0 atom stereocenters. The fourth-order valence-electron chi connectivity index (χ4n) is 2.30. The molecule has 3 rings (SSSR count). The molecule has 1 aromatic carbocycles. The highest BCUT2D eigenvalue weighted by Crippen LogP contribution is 2.22. The van der Waals surface area contributed by atoms with Crippen LogP contribution in [0.25, 0.3) is 22.3 Å². The zero-order valence-corrected chi connectivity index (χ0v) is 11.9. The molecule has 2 heterocycles. The Bertz CT molecular complexity index is 769. The first-order valence-electron chi connectivity index (χ1n) is 7.00. The number of rotatable bonds is 4. The summed E-state index contributed by atoms with van der Waals surface area (Å²) in [5, 5.41) is 1.07. The van der Waals surface area contributed by atoms with Gasteiger partial charge >= 0.3 is 0 Å². The maximum atomic E-state index is 5.50. The lowest BCUT2D eigenvalue weighted by atomic mass is 10.1. The van der Waals surface area contributed by atoms with E-state index in [1.54, 1.807) is 6.20 Å². The lowest BCUT2D eigenvalue weighted by Gasteiger charge is -2.08. The number of aromatic nitrogens is 3. The molecule has 3 N–H and O–H groups in total. The number of hydrogen-bond acceptors (Lipinski definition) is 5. The maximum absolute atomic E-state index is 5.50. The Morgan fingerprint density at radius 1 is 1.14 bits per heavy atom. The summed E-state index contributed by atoms with van der Waals surface area (Å²) in [6.07, 6.45) is 3.72. The van der Waals surface area contributed by atoms with E-state index < -0.39 is 0 Å². The van der Waals surface area contributed by atoms with E-state index in [-0.39, 0.29) is 0 Å². The molecule has 0 aliphatic heterocycles. The molecule has 3 aromatic rings. The Hall–Kier alpha value is -2.53. The van der Waals surface area contributed by atoms with Crippen LogP contribution in [0.1, 0.15) is 19.0 Å². The first kappa shape index (κ1) is 13.5. The van der Waals surface area contributed by atoms with Gasteiger partial charge in [-0.3, -0.25) is 4.98 Å². The summed E-state index contributed by atoms with van der Waals surface area (Å²) in [6, 6.07) is 11.9. The number of nitrogens with one attached hydrogen (secondary N) is 1. The molecule has 106 valence electrons. The molecule has 0 bridgehead atoms. The van der Waals surface area contributed by atoms with Crippen molar-refractivity contribution in [3.05, 3.63) is 48.3 Å². The van der Waals surface area contributed by atoms with E-state index in [0.717, 1.165) is 35.0 Å². The van der Waals surface area contributed by atoms with Crippen LogP contribution in [0.4, 0.5) is 5.82 Å². The molecular weight excluding hydrogens is 262 g/mol. The van der Waals surface area contributed by atoms with Gasteiger partial charge in [-0.2, -0.15) is 0 Å². The van der Waals surface area contributed by atoms with Crippen molar-refractivity contribution in [1.82, 2.24) is 15.0 Å². The molecule has 0 fully saturated rings. The number of pyridine rings is 1. The van der Waals surface area contributed by atoms with E-state index >= 15 is 0 Å². The number of fused-ring (bicyclic) bond motifs is 1. The molecule has 0 spiro atoms. The number of aryl methyl sites for hydroxylation is 1. The van der Waals surface area contributed by atoms with Crippen LogP contribution in [0.5, 0.6) is 0 Å². The topological polar surface area (TPSA) is 76.7 Å². The summed E-state index contributed by atoms with van der Waals surface area (Å²) in [5.41, 5.74) is 5.52. The second-order valence-corrected chi connectivity index (χ2v) is 4.87. The minimum Gasteiger partial charge on any atom is -0.308 e. The van der Waals surface area contributed by atoms with Crippen LogP contribution in [0.2, 0.25) is 0 Å².